The summed E-state index contributed by atoms with van der Waals surface area (Å²) in [6.45, 7) is 2.18. The van der Waals surface area contributed by atoms with Crippen molar-refractivity contribution >= 4 is 5.91 Å². The Labute approximate surface area is 116 Å². The third-order valence-corrected chi connectivity index (χ3v) is 3.00. The van der Waals surface area contributed by atoms with Gasteiger partial charge in [-0.05, 0) is 30.2 Å². The lowest BCUT2D eigenvalue weighted by atomic mass is 10.1. The van der Waals surface area contributed by atoms with E-state index in [1.54, 1.807) is 6.20 Å². The summed E-state index contributed by atoms with van der Waals surface area (Å²) in [5.74, 6) is -1.79. The maximum absolute atomic E-state index is 13.5. The minimum absolute atomic E-state index is 0.191. The van der Waals surface area contributed by atoms with Crippen LogP contribution in [-0.4, -0.2) is 16.0 Å². The van der Waals surface area contributed by atoms with Crippen LogP contribution in [0, 0.1) is 5.82 Å². The van der Waals surface area contributed by atoms with E-state index in [2.05, 4.69) is 10.3 Å². The van der Waals surface area contributed by atoms with Crippen molar-refractivity contribution in [2.75, 3.05) is 0 Å². The summed E-state index contributed by atoms with van der Waals surface area (Å²) in [7, 11) is 0. The van der Waals surface area contributed by atoms with E-state index in [-0.39, 0.29) is 17.9 Å². The van der Waals surface area contributed by atoms with Gasteiger partial charge in [0.25, 0.3) is 5.91 Å². The molecule has 0 spiro atoms. The average molecular weight is 274 g/mol. The lowest BCUT2D eigenvalue weighted by Crippen LogP contribution is -2.25. The van der Waals surface area contributed by atoms with Gasteiger partial charge in [-0.2, -0.15) is 0 Å². The number of amides is 1. The number of nitrogens with zero attached hydrogens (tertiary/aromatic N) is 1. The summed E-state index contributed by atoms with van der Waals surface area (Å²) in [6.07, 6.45) is 2.44. The van der Waals surface area contributed by atoms with Crippen molar-refractivity contribution < 1.29 is 14.3 Å². The molecule has 0 aliphatic carbocycles. The Balaban J connectivity index is 2.13. The fraction of sp³-hybridized carbons (Fsp3) is 0.200. The Morgan fingerprint density at radius 1 is 1.35 bits per heavy atom. The Kier molecular flexibility index (Phi) is 4.30. The molecular formula is C15H15FN2O2. The van der Waals surface area contributed by atoms with Crippen molar-refractivity contribution in [3.8, 4) is 5.75 Å². The number of phenols is 1. The summed E-state index contributed by atoms with van der Waals surface area (Å²) >= 11 is 0. The topological polar surface area (TPSA) is 62.2 Å². The number of carbonyl (C=O) groups is 1. The Hall–Kier alpha value is -2.43. The molecule has 0 fully saturated rings. The number of nitrogens with one attached hydrogen (secondary N) is 1. The second-order valence-corrected chi connectivity index (χ2v) is 4.28. The Morgan fingerprint density at radius 2 is 2.15 bits per heavy atom. The minimum Gasteiger partial charge on any atom is -0.507 e. The van der Waals surface area contributed by atoms with E-state index < -0.39 is 11.7 Å². The highest BCUT2D eigenvalue weighted by atomic mass is 19.1. The summed E-state index contributed by atoms with van der Waals surface area (Å²) in [5, 5.41) is 12.1. The number of hydrogen-bond acceptors (Lipinski definition) is 3. The van der Waals surface area contributed by atoms with Crippen LogP contribution in [0.1, 0.15) is 28.5 Å². The first-order valence-corrected chi connectivity index (χ1v) is 6.32. The molecule has 0 radical (unpaired) electrons. The average Bonchev–Trinajstić information content (AvgIpc) is 2.45. The molecule has 4 nitrogen and oxygen atoms in total. The maximum atomic E-state index is 13.5. The first kappa shape index (κ1) is 14.0. The molecule has 1 aromatic heterocycles. The van der Waals surface area contributed by atoms with Crippen molar-refractivity contribution in [3.05, 3.63) is 59.2 Å². The fourth-order valence-electron chi connectivity index (χ4n) is 1.94. The predicted octanol–water partition coefficient (Wildman–Crippen LogP) is 2.42. The number of carbonyl (C=O) groups excluding carboxylic acids is 1. The van der Waals surface area contributed by atoms with E-state index in [4.69, 9.17) is 0 Å². The van der Waals surface area contributed by atoms with Crippen LogP contribution in [0.25, 0.3) is 0 Å². The standard InChI is InChI=1S/C15H15FN2O2/c1-2-10-5-4-8-17-12(10)9-18-15(20)14-11(16)6-3-7-13(14)19/h3-8,19H,2,9H2,1H3,(H,18,20). The molecule has 2 N–H and O–H groups in total. The molecule has 104 valence electrons. The van der Waals surface area contributed by atoms with E-state index in [9.17, 15) is 14.3 Å². The Morgan fingerprint density at radius 3 is 2.85 bits per heavy atom. The first-order chi connectivity index (χ1) is 9.63. The summed E-state index contributed by atoms with van der Waals surface area (Å²) in [5.41, 5.74) is 1.41. The normalized spacial score (nSPS) is 10.3. The van der Waals surface area contributed by atoms with E-state index in [0.29, 0.717) is 0 Å². The predicted molar refractivity (Wildman–Crippen MR) is 72.9 cm³/mol. The van der Waals surface area contributed by atoms with Gasteiger partial charge in [-0.1, -0.05) is 19.1 Å². The molecule has 20 heavy (non-hydrogen) atoms. The highest BCUT2D eigenvalue weighted by molar-refractivity contribution is 5.97. The molecule has 0 atom stereocenters. The van der Waals surface area contributed by atoms with Crippen LogP contribution in [0.5, 0.6) is 5.75 Å². The van der Waals surface area contributed by atoms with Crippen LogP contribution in [0.4, 0.5) is 4.39 Å². The number of benzene rings is 1. The summed E-state index contributed by atoms with van der Waals surface area (Å²) < 4.78 is 13.5. The third kappa shape index (κ3) is 2.93. The monoisotopic (exact) mass is 274 g/mol. The summed E-state index contributed by atoms with van der Waals surface area (Å²) in [6, 6.07) is 7.50. The van der Waals surface area contributed by atoms with Crippen LogP contribution in [-0.2, 0) is 13.0 Å². The van der Waals surface area contributed by atoms with Gasteiger partial charge in [-0.15, -0.1) is 0 Å². The van der Waals surface area contributed by atoms with E-state index in [0.717, 1.165) is 23.7 Å². The van der Waals surface area contributed by atoms with Crippen LogP contribution in [0.2, 0.25) is 0 Å². The zero-order valence-electron chi connectivity index (χ0n) is 11.1. The second kappa shape index (κ2) is 6.14. The second-order valence-electron chi connectivity index (χ2n) is 4.28. The van der Waals surface area contributed by atoms with Gasteiger partial charge in [0, 0.05) is 6.20 Å². The molecule has 2 rings (SSSR count). The number of aromatic hydroxyl groups is 1. The molecule has 0 unspecified atom stereocenters. The molecule has 1 aromatic carbocycles. The maximum Gasteiger partial charge on any atom is 0.258 e. The molecule has 1 amide bonds. The van der Waals surface area contributed by atoms with Gasteiger partial charge in [0.1, 0.15) is 17.1 Å². The smallest absolute Gasteiger partial charge is 0.258 e. The fourth-order valence-corrected chi connectivity index (χ4v) is 1.94. The summed E-state index contributed by atoms with van der Waals surface area (Å²) in [4.78, 5) is 16.1. The van der Waals surface area contributed by atoms with Crippen molar-refractivity contribution in [3.63, 3.8) is 0 Å². The van der Waals surface area contributed by atoms with E-state index >= 15 is 0 Å². The van der Waals surface area contributed by atoms with Crippen LogP contribution in [0.15, 0.2) is 36.5 Å². The van der Waals surface area contributed by atoms with Gasteiger partial charge in [0.05, 0.1) is 12.2 Å². The molecule has 0 saturated heterocycles. The van der Waals surface area contributed by atoms with Gasteiger partial charge in [0.15, 0.2) is 0 Å². The van der Waals surface area contributed by atoms with Crippen LogP contribution < -0.4 is 5.32 Å². The molecule has 0 saturated carbocycles. The first-order valence-electron chi connectivity index (χ1n) is 6.32. The number of aromatic nitrogens is 1. The number of rotatable bonds is 4. The highest BCUT2D eigenvalue weighted by Crippen LogP contribution is 2.19. The zero-order chi connectivity index (χ0) is 14.5. The quantitative estimate of drug-likeness (QED) is 0.900. The van der Waals surface area contributed by atoms with Gasteiger partial charge in [-0.25, -0.2) is 4.39 Å². The number of hydrogen-bond donors (Lipinski definition) is 2. The third-order valence-electron chi connectivity index (χ3n) is 3.00. The van der Waals surface area contributed by atoms with Gasteiger partial charge in [0.2, 0.25) is 0 Å². The van der Waals surface area contributed by atoms with E-state index in [1.165, 1.54) is 12.1 Å². The SMILES string of the molecule is CCc1cccnc1CNC(=O)c1c(O)cccc1F. The largest absolute Gasteiger partial charge is 0.507 e. The van der Waals surface area contributed by atoms with Crippen molar-refractivity contribution in [2.45, 2.75) is 19.9 Å². The molecule has 0 aliphatic rings. The van der Waals surface area contributed by atoms with Crippen LogP contribution in [0.3, 0.4) is 0 Å². The molecule has 5 heteroatoms. The molecule has 2 aromatic rings. The van der Waals surface area contributed by atoms with Crippen molar-refractivity contribution in [1.29, 1.82) is 0 Å². The number of pyridine rings is 1. The Bertz CT molecular complexity index is 609. The zero-order valence-corrected chi connectivity index (χ0v) is 11.1. The minimum atomic E-state index is -0.751. The number of aryl methyl sites for hydroxylation is 1. The van der Waals surface area contributed by atoms with E-state index in [1.807, 2.05) is 19.1 Å². The van der Waals surface area contributed by atoms with Gasteiger partial charge < -0.3 is 10.4 Å². The van der Waals surface area contributed by atoms with Crippen LogP contribution >= 0.6 is 0 Å². The van der Waals surface area contributed by atoms with Crippen molar-refractivity contribution in [2.24, 2.45) is 0 Å². The molecular weight excluding hydrogens is 259 g/mol. The molecule has 0 bridgehead atoms. The lowest BCUT2D eigenvalue weighted by Gasteiger charge is -2.09. The van der Waals surface area contributed by atoms with Crippen molar-refractivity contribution in [1.82, 2.24) is 10.3 Å². The molecule has 1 heterocycles. The van der Waals surface area contributed by atoms with Gasteiger partial charge in [-0.3, -0.25) is 9.78 Å². The number of phenolic OH excluding ortho intramolecular Hbond substituents is 1. The lowest BCUT2D eigenvalue weighted by molar-refractivity contribution is 0.0943. The molecule has 0 aliphatic heterocycles. The highest BCUT2D eigenvalue weighted by Gasteiger charge is 2.16. The number of halogens is 1. The van der Waals surface area contributed by atoms with Gasteiger partial charge >= 0.3 is 0 Å².